The fourth-order valence-corrected chi connectivity index (χ4v) is 2.64. The van der Waals surface area contributed by atoms with E-state index in [-0.39, 0.29) is 6.61 Å². The maximum absolute atomic E-state index is 11.9. The van der Waals surface area contributed by atoms with Gasteiger partial charge in [-0.25, -0.2) is 10.4 Å². The fourth-order valence-electron chi connectivity index (χ4n) is 2.45. The third-order valence-corrected chi connectivity index (χ3v) is 4.08. The van der Waals surface area contributed by atoms with Crippen LogP contribution in [0.25, 0.3) is 10.9 Å². The number of hydrogen-bond acceptors (Lipinski definition) is 5. The molecule has 0 atom stereocenters. The molecule has 2 aromatic carbocycles. The zero-order valence-electron chi connectivity index (χ0n) is 14.9. The molecule has 3 aromatic rings. The first-order chi connectivity index (χ1) is 13.1. The minimum Gasteiger partial charge on any atom is -0.493 e. The number of carbonyl (C=O) groups excluding carboxylic acids is 1. The molecular formula is C20H18ClN3O3. The second kappa shape index (κ2) is 8.51. The van der Waals surface area contributed by atoms with Crippen molar-refractivity contribution in [2.75, 3.05) is 13.7 Å². The minimum absolute atomic E-state index is 0.194. The summed E-state index contributed by atoms with van der Waals surface area (Å²) in [5, 5.41) is 5.18. The normalized spacial score (nSPS) is 10.9. The molecule has 0 saturated heterocycles. The lowest BCUT2D eigenvalue weighted by Crippen LogP contribution is -2.24. The van der Waals surface area contributed by atoms with E-state index in [9.17, 15) is 4.79 Å². The number of methoxy groups -OCH3 is 1. The van der Waals surface area contributed by atoms with Crippen molar-refractivity contribution in [2.45, 2.75) is 6.92 Å². The minimum atomic E-state index is -0.405. The van der Waals surface area contributed by atoms with Crippen LogP contribution in [0.3, 0.4) is 0 Å². The van der Waals surface area contributed by atoms with Crippen LogP contribution in [0.2, 0.25) is 5.15 Å². The number of benzene rings is 2. The predicted octanol–water partition coefficient (Wildman–Crippen LogP) is 3.73. The molecule has 3 rings (SSSR count). The highest BCUT2D eigenvalue weighted by molar-refractivity contribution is 6.32. The van der Waals surface area contributed by atoms with Crippen molar-refractivity contribution in [3.05, 3.63) is 64.8 Å². The summed E-state index contributed by atoms with van der Waals surface area (Å²) in [6.07, 6.45) is 1.45. The van der Waals surface area contributed by atoms with Crippen LogP contribution in [-0.2, 0) is 4.79 Å². The van der Waals surface area contributed by atoms with Crippen LogP contribution >= 0.6 is 11.6 Å². The number of ether oxygens (including phenoxy) is 2. The van der Waals surface area contributed by atoms with Crippen LogP contribution in [0.5, 0.6) is 11.5 Å². The van der Waals surface area contributed by atoms with Gasteiger partial charge in [0.1, 0.15) is 5.15 Å². The zero-order valence-corrected chi connectivity index (χ0v) is 15.7. The molecule has 1 amide bonds. The second-order valence-electron chi connectivity index (χ2n) is 5.80. The van der Waals surface area contributed by atoms with E-state index in [1.165, 1.54) is 13.3 Å². The first-order valence-corrected chi connectivity index (χ1v) is 8.59. The highest BCUT2D eigenvalue weighted by atomic mass is 35.5. The molecule has 6 nitrogen and oxygen atoms in total. The van der Waals surface area contributed by atoms with Crippen LogP contribution in [0, 0.1) is 6.92 Å². The summed E-state index contributed by atoms with van der Waals surface area (Å²) in [5.74, 6) is 0.631. The average Bonchev–Trinajstić information content (AvgIpc) is 2.67. The van der Waals surface area contributed by atoms with Crippen LogP contribution in [0.15, 0.2) is 53.6 Å². The van der Waals surface area contributed by atoms with E-state index in [0.717, 1.165) is 16.5 Å². The monoisotopic (exact) mass is 383 g/mol. The first kappa shape index (κ1) is 18.7. The number of nitrogens with zero attached hydrogens (tertiary/aromatic N) is 2. The van der Waals surface area contributed by atoms with E-state index in [4.69, 9.17) is 21.1 Å². The Kier molecular flexibility index (Phi) is 5.88. The van der Waals surface area contributed by atoms with Crippen molar-refractivity contribution < 1.29 is 14.3 Å². The maximum atomic E-state index is 11.9. The SMILES string of the molecule is COc1ccccc1OCC(=O)NN=Cc1cc2ccc(C)cc2nc1Cl. The predicted molar refractivity (Wildman–Crippen MR) is 106 cm³/mol. The number of hydrazone groups is 1. The van der Waals surface area contributed by atoms with Crippen molar-refractivity contribution in [1.29, 1.82) is 0 Å². The van der Waals surface area contributed by atoms with Gasteiger partial charge in [0.05, 0.1) is 18.8 Å². The van der Waals surface area contributed by atoms with Gasteiger partial charge in [0.25, 0.3) is 5.91 Å². The van der Waals surface area contributed by atoms with Gasteiger partial charge in [0.2, 0.25) is 0 Å². The quantitative estimate of drug-likeness (QED) is 0.400. The summed E-state index contributed by atoms with van der Waals surface area (Å²) in [6.45, 7) is 1.80. The van der Waals surface area contributed by atoms with Gasteiger partial charge in [0.15, 0.2) is 18.1 Å². The Morgan fingerprint density at radius 1 is 1.22 bits per heavy atom. The Labute approximate surface area is 161 Å². The molecule has 0 spiro atoms. The number of aromatic nitrogens is 1. The van der Waals surface area contributed by atoms with Crippen LogP contribution in [-0.4, -0.2) is 30.8 Å². The van der Waals surface area contributed by atoms with Crippen molar-refractivity contribution >= 4 is 34.6 Å². The van der Waals surface area contributed by atoms with Crippen molar-refractivity contribution in [2.24, 2.45) is 5.10 Å². The number of pyridine rings is 1. The summed E-state index contributed by atoms with van der Waals surface area (Å²) in [5.41, 5.74) is 4.93. The molecule has 0 aliphatic heterocycles. The number of fused-ring (bicyclic) bond motifs is 1. The summed E-state index contributed by atoms with van der Waals surface area (Å²) in [6, 6.07) is 14.9. The summed E-state index contributed by atoms with van der Waals surface area (Å²) < 4.78 is 10.6. The molecular weight excluding hydrogens is 366 g/mol. The molecule has 1 N–H and O–H groups in total. The Balaban J connectivity index is 1.61. The van der Waals surface area contributed by atoms with Gasteiger partial charge in [-0.05, 0) is 36.8 Å². The number of rotatable bonds is 6. The van der Waals surface area contributed by atoms with Gasteiger partial charge in [0, 0.05) is 10.9 Å². The summed E-state index contributed by atoms with van der Waals surface area (Å²) >= 11 is 6.19. The lowest BCUT2D eigenvalue weighted by molar-refractivity contribution is -0.123. The molecule has 0 unspecified atom stereocenters. The number of carbonyl (C=O) groups is 1. The highest BCUT2D eigenvalue weighted by Crippen LogP contribution is 2.25. The molecule has 7 heteroatoms. The number of halogens is 1. The van der Waals surface area contributed by atoms with Crippen molar-refractivity contribution in [3.8, 4) is 11.5 Å². The third kappa shape index (κ3) is 4.74. The molecule has 0 radical (unpaired) electrons. The largest absolute Gasteiger partial charge is 0.493 e. The number of aryl methyl sites for hydroxylation is 1. The Bertz CT molecular complexity index is 1000. The second-order valence-corrected chi connectivity index (χ2v) is 6.16. The molecule has 0 bridgehead atoms. The molecule has 27 heavy (non-hydrogen) atoms. The van der Waals surface area contributed by atoms with E-state index < -0.39 is 5.91 Å². The molecule has 138 valence electrons. The maximum Gasteiger partial charge on any atom is 0.277 e. The Morgan fingerprint density at radius 3 is 2.78 bits per heavy atom. The molecule has 1 heterocycles. The van der Waals surface area contributed by atoms with Gasteiger partial charge in [-0.15, -0.1) is 0 Å². The van der Waals surface area contributed by atoms with Gasteiger partial charge in [-0.1, -0.05) is 35.9 Å². The Hall–Kier alpha value is -3.12. The van der Waals surface area contributed by atoms with Gasteiger partial charge < -0.3 is 9.47 Å². The summed E-state index contributed by atoms with van der Waals surface area (Å²) in [4.78, 5) is 16.3. The molecule has 0 aliphatic rings. The van der Waals surface area contributed by atoms with Gasteiger partial charge >= 0.3 is 0 Å². The lowest BCUT2D eigenvalue weighted by Gasteiger charge is -2.09. The molecule has 0 saturated carbocycles. The van der Waals surface area contributed by atoms with Gasteiger partial charge in [-0.3, -0.25) is 4.79 Å². The standard InChI is InChI=1S/C20H18ClN3O3/c1-13-7-8-14-10-15(20(21)23-16(14)9-13)11-22-24-19(25)12-27-18-6-4-3-5-17(18)26-2/h3-11H,12H2,1-2H3,(H,24,25). The molecule has 1 aromatic heterocycles. The third-order valence-electron chi connectivity index (χ3n) is 3.77. The number of amides is 1. The lowest BCUT2D eigenvalue weighted by atomic mass is 10.1. The van der Waals surface area contributed by atoms with Crippen molar-refractivity contribution in [1.82, 2.24) is 10.4 Å². The highest BCUT2D eigenvalue weighted by Gasteiger charge is 2.07. The van der Waals surface area contributed by atoms with E-state index in [1.807, 2.05) is 37.3 Å². The number of nitrogens with one attached hydrogen (secondary N) is 1. The smallest absolute Gasteiger partial charge is 0.277 e. The molecule has 0 fully saturated rings. The number of hydrogen-bond donors (Lipinski definition) is 1. The average molecular weight is 384 g/mol. The van der Waals surface area contributed by atoms with E-state index in [2.05, 4.69) is 15.5 Å². The van der Waals surface area contributed by atoms with E-state index in [0.29, 0.717) is 22.2 Å². The van der Waals surface area contributed by atoms with E-state index in [1.54, 1.807) is 18.2 Å². The van der Waals surface area contributed by atoms with Crippen LogP contribution in [0.1, 0.15) is 11.1 Å². The summed E-state index contributed by atoms with van der Waals surface area (Å²) in [7, 11) is 1.54. The number of para-hydroxylation sites is 2. The van der Waals surface area contributed by atoms with Crippen LogP contribution < -0.4 is 14.9 Å². The fraction of sp³-hybridized carbons (Fsp3) is 0.150. The van der Waals surface area contributed by atoms with Gasteiger partial charge in [-0.2, -0.15) is 5.10 Å². The molecule has 0 aliphatic carbocycles. The Morgan fingerprint density at radius 2 is 2.00 bits per heavy atom. The van der Waals surface area contributed by atoms with Crippen LogP contribution in [0.4, 0.5) is 0 Å². The van der Waals surface area contributed by atoms with Crippen molar-refractivity contribution in [3.63, 3.8) is 0 Å². The zero-order chi connectivity index (χ0) is 19.2. The topological polar surface area (TPSA) is 72.8 Å². The van der Waals surface area contributed by atoms with E-state index >= 15 is 0 Å². The first-order valence-electron chi connectivity index (χ1n) is 8.21.